The molecular weight excluding hydrogens is 374 g/mol. The second-order valence-electron chi connectivity index (χ2n) is 7.68. The second kappa shape index (κ2) is 8.08. The van der Waals surface area contributed by atoms with Crippen LogP contribution in [-0.2, 0) is 13.6 Å². The second-order valence-corrected chi connectivity index (χ2v) is 7.68. The van der Waals surface area contributed by atoms with Gasteiger partial charge in [-0.15, -0.1) is 0 Å². The van der Waals surface area contributed by atoms with Crippen LogP contribution in [0, 0.1) is 6.92 Å². The molecule has 6 heteroatoms. The number of carbonyl (C=O) groups excluding carboxylic acids is 1. The molecule has 0 saturated heterocycles. The average molecular weight is 399 g/mol. The zero-order valence-electron chi connectivity index (χ0n) is 17.7. The van der Waals surface area contributed by atoms with E-state index in [1.54, 1.807) is 4.68 Å². The van der Waals surface area contributed by atoms with Crippen molar-refractivity contribution < 1.29 is 4.79 Å². The van der Waals surface area contributed by atoms with Gasteiger partial charge in [0.15, 0.2) is 5.65 Å². The summed E-state index contributed by atoms with van der Waals surface area (Å²) in [5.41, 5.74) is 5.63. The van der Waals surface area contributed by atoms with Gasteiger partial charge in [-0.3, -0.25) is 9.48 Å². The van der Waals surface area contributed by atoms with E-state index in [-0.39, 0.29) is 5.91 Å². The third kappa shape index (κ3) is 3.82. The first-order valence-corrected chi connectivity index (χ1v) is 9.88. The summed E-state index contributed by atoms with van der Waals surface area (Å²) < 4.78 is 1.73. The number of rotatable bonds is 5. The van der Waals surface area contributed by atoms with Gasteiger partial charge in [0.25, 0.3) is 5.91 Å². The van der Waals surface area contributed by atoms with Crippen LogP contribution in [0.15, 0.2) is 60.7 Å². The lowest BCUT2D eigenvalue weighted by Crippen LogP contribution is -2.17. The fourth-order valence-electron chi connectivity index (χ4n) is 3.69. The van der Waals surface area contributed by atoms with Crippen LogP contribution in [-0.4, -0.2) is 39.7 Å². The van der Waals surface area contributed by atoms with Gasteiger partial charge in [-0.2, -0.15) is 5.10 Å². The Bertz CT molecular complexity index is 1210. The molecule has 0 radical (unpaired) electrons. The van der Waals surface area contributed by atoms with Crippen LogP contribution < -0.4 is 5.32 Å². The van der Waals surface area contributed by atoms with Gasteiger partial charge in [0.2, 0.25) is 0 Å². The van der Waals surface area contributed by atoms with Crippen LogP contribution in [0.2, 0.25) is 0 Å². The van der Waals surface area contributed by atoms with E-state index >= 15 is 0 Å². The van der Waals surface area contributed by atoms with E-state index in [0.29, 0.717) is 11.2 Å². The molecule has 0 saturated carbocycles. The van der Waals surface area contributed by atoms with Crippen molar-refractivity contribution in [3.63, 3.8) is 0 Å². The first-order chi connectivity index (χ1) is 14.4. The third-order valence-electron chi connectivity index (χ3n) is 5.03. The maximum absolute atomic E-state index is 13.4. The lowest BCUT2D eigenvalue weighted by atomic mass is 10.0. The van der Waals surface area contributed by atoms with E-state index in [1.165, 1.54) is 0 Å². The van der Waals surface area contributed by atoms with Crippen molar-refractivity contribution in [3.05, 3.63) is 77.5 Å². The van der Waals surface area contributed by atoms with Crippen LogP contribution in [0.3, 0.4) is 0 Å². The molecule has 1 N–H and O–H groups in total. The SMILES string of the molecule is Cc1nn(C)c2nc(-c3ccccc3)cc(C(=O)Nc3ccccc3CN(C)C)c12. The summed E-state index contributed by atoms with van der Waals surface area (Å²) in [6, 6.07) is 19.6. The number of anilines is 1. The molecule has 0 aliphatic heterocycles. The van der Waals surface area contributed by atoms with Gasteiger partial charge in [-0.05, 0) is 38.7 Å². The van der Waals surface area contributed by atoms with Crippen LogP contribution in [0.1, 0.15) is 21.6 Å². The molecule has 30 heavy (non-hydrogen) atoms. The number of aromatic nitrogens is 3. The summed E-state index contributed by atoms with van der Waals surface area (Å²) in [5.74, 6) is -0.165. The summed E-state index contributed by atoms with van der Waals surface area (Å²) in [5, 5.41) is 8.39. The normalized spacial score (nSPS) is 11.2. The highest BCUT2D eigenvalue weighted by atomic mass is 16.1. The minimum atomic E-state index is -0.165. The van der Waals surface area contributed by atoms with E-state index < -0.39 is 0 Å². The van der Waals surface area contributed by atoms with Crippen molar-refractivity contribution in [3.8, 4) is 11.3 Å². The van der Waals surface area contributed by atoms with Gasteiger partial charge in [0.1, 0.15) is 0 Å². The number of carbonyl (C=O) groups is 1. The van der Waals surface area contributed by atoms with Crippen molar-refractivity contribution >= 4 is 22.6 Å². The molecule has 1 amide bonds. The quantitative estimate of drug-likeness (QED) is 0.545. The number of nitrogens with one attached hydrogen (secondary N) is 1. The van der Waals surface area contributed by atoms with Crippen LogP contribution in [0.4, 0.5) is 5.69 Å². The number of nitrogens with zero attached hydrogens (tertiary/aromatic N) is 4. The molecule has 6 nitrogen and oxygen atoms in total. The topological polar surface area (TPSA) is 63.1 Å². The Hall–Kier alpha value is -3.51. The number of para-hydroxylation sites is 1. The number of fused-ring (bicyclic) bond motifs is 1. The monoisotopic (exact) mass is 399 g/mol. The van der Waals surface area contributed by atoms with Gasteiger partial charge in [-0.1, -0.05) is 48.5 Å². The number of amides is 1. The Kier molecular flexibility index (Phi) is 5.33. The van der Waals surface area contributed by atoms with Crippen LogP contribution in [0.25, 0.3) is 22.3 Å². The van der Waals surface area contributed by atoms with Gasteiger partial charge in [0, 0.05) is 24.8 Å². The summed E-state index contributed by atoms with van der Waals surface area (Å²) in [6.07, 6.45) is 0. The zero-order valence-corrected chi connectivity index (χ0v) is 17.7. The maximum Gasteiger partial charge on any atom is 0.256 e. The van der Waals surface area contributed by atoms with E-state index in [4.69, 9.17) is 4.98 Å². The molecule has 152 valence electrons. The van der Waals surface area contributed by atoms with Crippen molar-refractivity contribution in [2.45, 2.75) is 13.5 Å². The molecule has 2 heterocycles. The summed E-state index contributed by atoms with van der Waals surface area (Å²) in [4.78, 5) is 20.3. The highest BCUT2D eigenvalue weighted by Gasteiger charge is 2.20. The third-order valence-corrected chi connectivity index (χ3v) is 5.03. The molecule has 0 aliphatic carbocycles. The van der Waals surface area contributed by atoms with Crippen molar-refractivity contribution in [2.75, 3.05) is 19.4 Å². The van der Waals surface area contributed by atoms with E-state index in [2.05, 4.69) is 15.3 Å². The molecule has 0 atom stereocenters. The Balaban J connectivity index is 1.81. The van der Waals surface area contributed by atoms with Gasteiger partial charge in [0.05, 0.1) is 22.3 Å². The highest BCUT2D eigenvalue weighted by molar-refractivity contribution is 6.13. The Labute approximate surface area is 176 Å². The van der Waals surface area contributed by atoms with Crippen molar-refractivity contribution in [1.82, 2.24) is 19.7 Å². The van der Waals surface area contributed by atoms with E-state index in [9.17, 15) is 4.79 Å². The number of benzene rings is 2. The first-order valence-electron chi connectivity index (χ1n) is 9.88. The van der Waals surface area contributed by atoms with E-state index in [0.717, 1.165) is 40.1 Å². The standard InChI is InChI=1S/C24H25N5O/c1-16-22-19(24(30)26-20-13-9-8-12-18(20)15-28(2)3)14-21(17-10-6-5-7-11-17)25-23(22)29(4)27-16/h5-14H,15H2,1-4H3,(H,26,30). The van der Waals surface area contributed by atoms with Crippen LogP contribution in [0.5, 0.6) is 0 Å². The smallest absolute Gasteiger partial charge is 0.256 e. The Morgan fingerprint density at radius 3 is 2.50 bits per heavy atom. The molecule has 0 spiro atoms. The fraction of sp³-hybridized carbons (Fsp3) is 0.208. The fourth-order valence-corrected chi connectivity index (χ4v) is 3.69. The summed E-state index contributed by atoms with van der Waals surface area (Å²) >= 11 is 0. The summed E-state index contributed by atoms with van der Waals surface area (Å²) in [7, 11) is 5.87. The van der Waals surface area contributed by atoms with E-state index in [1.807, 2.05) is 88.7 Å². The molecule has 2 aromatic heterocycles. The number of pyridine rings is 1. The molecule has 0 unspecified atom stereocenters. The van der Waals surface area contributed by atoms with Crippen molar-refractivity contribution in [2.24, 2.45) is 7.05 Å². The minimum Gasteiger partial charge on any atom is -0.322 e. The molecule has 0 fully saturated rings. The molecule has 4 aromatic rings. The number of aryl methyl sites for hydroxylation is 2. The highest BCUT2D eigenvalue weighted by Crippen LogP contribution is 2.28. The number of hydrogen-bond donors (Lipinski definition) is 1. The lowest BCUT2D eigenvalue weighted by molar-refractivity contribution is 0.102. The molecular formula is C24H25N5O. The van der Waals surface area contributed by atoms with Gasteiger partial charge < -0.3 is 10.2 Å². The molecule has 2 aromatic carbocycles. The zero-order chi connectivity index (χ0) is 21.3. The molecule has 0 bridgehead atoms. The average Bonchev–Trinajstić information content (AvgIpc) is 3.03. The summed E-state index contributed by atoms with van der Waals surface area (Å²) in [6.45, 7) is 2.65. The number of hydrogen-bond acceptors (Lipinski definition) is 4. The Morgan fingerprint density at radius 2 is 1.77 bits per heavy atom. The van der Waals surface area contributed by atoms with Crippen molar-refractivity contribution in [1.29, 1.82) is 0 Å². The maximum atomic E-state index is 13.4. The van der Waals surface area contributed by atoms with Gasteiger partial charge in [-0.25, -0.2) is 4.98 Å². The predicted octanol–water partition coefficient (Wildman–Crippen LogP) is 4.26. The molecule has 4 rings (SSSR count). The Morgan fingerprint density at radius 1 is 1.07 bits per heavy atom. The lowest BCUT2D eigenvalue weighted by Gasteiger charge is -2.15. The minimum absolute atomic E-state index is 0.165. The first kappa shape index (κ1) is 19.8. The van der Waals surface area contributed by atoms with Crippen LogP contribution >= 0.6 is 0 Å². The largest absolute Gasteiger partial charge is 0.322 e. The predicted molar refractivity (Wildman–Crippen MR) is 120 cm³/mol. The van der Waals surface area contributed by atoms with Gasteiger partial charge >= 0.3 is 0 Å². The molecule has 0 aliphatic rings.